The summed E-state index contributed by atoms with van der Waals surface area (Å²) in [5, 5.41) is 12.4. The third-order valence-electron chi connectivity index (χ3n) is 3.51. The van der Waals surface area contributed by atoms with E-state index < -0.39 is 23.7 Å². The van der Waals surface area contributed by atoms with Crippen molar-refractivity contribution in [2.45, 2.75) is 6.18 Å². The topological polar surface area (TPSA) is 64.3 Å². The van der Waals surface area contributed by atoms with Crippen molar-refractivity contribution in [3.05, 3.63) is 64.9 Å². The molecule has 0 amide bonds. The number of rotatable bonds is 3. The van der Waals surface area contributed by atoms with Crippen LogP contribution in [0.5, 0.6) is 5.88 Å². The van der Waals surface area contributed by atoms with Crippen LogP contribution in [0.25, 0.3) is 16.9 Å². The average molecular weight is 401 g/mol. The zero-order valence-electron chi connectivity index (χ0n) is 13.2. The third kappa shape index (κ3) is 4.03. The van der Waals surface area contributed by atoms with Crippen molar-refractivity contribution in [1.82, 2.24) is 9.78 Å². The normalized spacial score (nSPS) is 11.4. The quantitative estimate of drug-likeness (QED) is 0.472. The number of benzene rings is 2. The van der Waals surface area contributed by atoms with Gasteiger partial charge in [-0.2, -0.15) is 13.2 Å². The molecule has 2 aromatic carbocycles. The standard InChI is InChI=1S/C17H9ClF4N2O3/c18-12-7-11(4-5-13(12)19)24-14(8-15(23-24)27-16(25)26)9-2-1-3-10(6-9)17(20,21)22/h1-8H,(H,25,26). The molecule has 0 aliphatic rings. The Kier molecular flexibility index (Phi) is 4.79. The fourth-order valence-corrected chi connectivity index (χ4v) is 2.55. The Bertz CT molecular complexity index is 1020. The van der Waals surface area contributed by atoms with E-state index in [1.165, 1.54) is 24.3 Å². The molecule has 0 radical (unpaired) electrons. The van der Waals surface area contributed by atoms with Crippen LogP contribution in [0.15, 0.2) is 48.5 Å². The van der Waals surface area contributed by atoms with Crippen molar-refractivity contribution in [1.29, 1.82) is 0 Å². The molecule has 0 aliphatic heterocycles. The Labute approximate surface area is 154 Å². The van der Waals surface area contributed by atoms with E-state index in [-0.39, 0.29) is 27.8 Å². The second-order valence-electron chi connectivity index (χ2n) is 5.32. The Hall–Kier alpha value is -3.07. The molecule has 0 atom stereocenters. The lowest BCUT2D eigenvalue weighted by Crippen LogP contribution is -2.06. The maximum atomic E-state index is 13.4. The van der Waals surface area contributed by atoms with Crippen molar-refractivity contribution in [3.63, 3.8) is 0 Å². The lowest BCUT2D eigenvalue weighted by atomic mass is 10.1. The molecule has 1 heterocycles. The minimum absolute atomic E-state index is 0.0954. The summed E-state index contributed by atoms with van der Waals surface area (Å²) in [7, 11) is 0. The van der Waals surface area contributed by atoms with Gasteiger partial charge in [0.05, 0.1) is 22.0 Å². The van der Waals surface area contributed by atoms with Crippen molar-refractivity contribution >= 4 is 17.8 Å². The summed E-state index contributed by atoms with van der Waals surface area (Å²) in [4.78, 5) is 10.8. The molecular weight excluding hydrogens is 392 g/mol. The minimum atomic E-state index is -4.57. The monoisotopic (exact) mass is 400 g/mol. The second kappa shape index (κ2) is 6.92. The summed E-state index contributed by atoms with van der Waals surface area (Å²) in [6.07, 6.45) is -6.21. The van der Waals surface area contributed by atoms with Crippen molar-refractivity contribution < 1.29 is 32.2 Å². The lowest BCUT2D eigenvalue weighted by Gasteiger charge is -2.11. The molecule has 0 bridgehead atoms. The van der Waals surface area contributed by atoms with E-state index in [4.69, 9.17) is 16.7 Å². The fourth-order valence-electron chi connectivity index (χ4n) is 2.37. The molecule has 27 heavy (non-hydrogen) atoms. The molecule has 1 aromatic heterocycles. The van der Waals surface area contributed by atoms with Gasteiger partial charge in [0.1, 0.15) is 5.82 Å². The van der Waals surface area contributed by atoms with Gasteiger partial charge in [-0.3, -0.25) is 0 Å². The minimum Gasteiger partial charge on any atom is -0.449 e. The van der Waals surface area contributed by atoms with E-state index in [0.29, 0.717) is 0 Å². The van der Waals surface area contributed by atoms with Crippen LogP contribution >= 0.6 is 11.6 Å². The highest BCUT2D eigenvalue weighted by molar-refractivity contribution is 6.30. The number of aromatic nitrogens is 2. The summed E-state index contributed by atoms with van der Waals surface area (Å²) in [6, 6.07) is 9.05. The van der Waals surface area contributed by atoms with E-state index in [0.717, 1.165) is 28.9 Å². The fraction of sp³-hybridized carbons (Fsp3) is 0.0588. The molecule has 0 fully saturated rings. The largest absolute Gasteiger partial charge is 0.512 e. The summed E-state index contributed by atoms with van der Waals surface area (Å²) < 4.78 is 58.0. The van der Waals surface area contributed by atoms with Gasteiger partial charge in [0.25, 0.3) is 0 Å². The number of hydrogen-bond donors (Lipinski definition) is 1. The molecule has 5 nitrogen and oxygen atoms in total. The highest BCUT2D eigenvalue weighted by Gasteiger charge is 2.31. The van der Waals surface area contributed by atoms with E-state index >= 15 is 0 Å². The van der Waals surface area contributed by atoms with Gasteiger partial charge in [0.2, 0.25) is 5.88 Å². The van der Waals surface area contributed by atoms with Crippen LogP contribution in [-0.2, 0) is 6.18 Å². The van der Waals surface area contributed by atoms with Crippen LogP contribution < -0.4 is 4.74 Å². The Morgan fingerprint density at radius 2 is 1.89 bits per heavy atom. The zero-order chi connectivity index (χ0) is 19.8. The Balaban J connectivity index is 2.18. The third-order valence-corrected chi connectivity index (χ3v) is 3.80. The van der Waals surface area contributed by atoms with Gasteiger partial charge >= 0.3 is 12.3 Å². The molecule has 0 saturated heterocycles. The first kappa shape index (κ1) is 18.7. The van der Waals surface area contributed by atoms with Crippen molar-refractivity contribution in [3.8, 4) is 22.8 Å². The second-order valence-corrected chi connectivity index (χ2v) is 5.73. The highest BCUT2D eigenvalue weighted by atomic mass is 35.5. The number of carboxylic acid groups (broad SMARTS) is 1. The van der Waals surface area contributed by atoms with Gasteiger partial charge in [-0.1, -0.05) is 23.7 Å². The maximum absolute atomic E-state index is 13.4. The van der Waals surface area contributed by atoms with Gasteiger partial charge in [-0.05, 0) is 30.3 Å². The molecule has 1 N–H and O–H groups in total. The van der Waals surface area contributed by atoms with E-state index in [9.17, 15) is 22.4 Å². The van der Waals surface area contributed by atoms with E-state index in [2.05, 4.69) is 9.84 Å². The predicted octanol–water partition coefficient (Wildman–Crippen LogP) is 5.41. The van der Waals surface area contributed by atoms with Gasteiger partial charge in [0, 0.05) is 11.6 Å². The van der Waals surface area contributed by atoms with Crippen LogP contribution in [0.2, 0.25) is 5.02 Å². The summed E-state index contributed by atoms with van der Waals surface area (Å²) in [5.41, 5.74) is -0.502. The SMILES string of the molecule is O=C(O)Oc1cc(-c2cccc(C(F)(F)F)c2)n(-c2ccc(F)c(Cl)c2)n1. The molecule has 10 heteroatoms. The van der Waals surface area contributed by atoms with Crippen LogP contribution in [0.1, 0.15) is 5.56 Å². The molecule has 0 aliphatic carbocycles. The van der Waals surface area contributed by atoms with Gasteiger partial charge < -0.3 is 9.84 Å². The van der Waals surface area contributed by atoms with Crippen molar-refractivity contribution in [2.75, 3.05) is 0 Å². The number of hydrogen-bond acceptors (Lipinski definition) is 3. The molecule has 140 valence electrons. The van der Waals surface area contributed by atoms with Gasteiger partial charge in [-0.25, -0.2) is 13.9 Å². The zero-order valence-corrected chi connectivity index (χ0v) is 13.9. The predicted molar refractivity (Wildman–Crippen MR) is 87.6 cm³/mol. The first-order chi connectivity index (χ1) is 12.6. The van der Waals surface area contributed by atoms with Crippen LogP contribution in [0, 0.1) is 5.82 Å². The maximum Gasteiger partial charge on any atom is 0.512 e. The van der Waals surface area contributed by atoms with Crippen LogP contribution in [0.3, 0.4) is 0 Å². The van der Waals surface area contributed by atoms with E-state index in [1.807, 2.05) is 0 Å². The van der Waals surface area contributed by atoms with Crippen molar-refractivity contribution in [2.24, 2.45) is 0 Å². The number of nitrogens with zero attached hydrogens (tertiary/aromatic N) is 2. The Morgan fingerprint density at radius 3 is 2.52 bits per heavy atom. The summed E-state index contributed by atoms with van der Waals surface area (Å²) >= 11 is 5.75. The Morgan fingerprint density at radius 1 is 1.15 bits per heavy atom. The number of alkyl halides is 3. The highest BCUT2D eigenvalue weighted by Crippen LogP contribution is 2.34. The summed E-state index contributed by atoms with van der Waals surface area (Å²) in [5.74, 6) is -1.06. The lowest BCUT2D eigenvalue weighted by molar-refractivity contribution is -0.137. The smallest absolute Gasteiger partial charge is 0.449 e. The number of ether oxygens (including phenoxy) is 1. The van der Waals surface area contributed by atoms with Gasteiger partial charge in [0.15, 0.2) is 0 Å². The summed E-state index contributed by atoms with van der Waals surface area (Å²) in [6.45, 7) is 0. The molecule has 0 unspecified atom stereocenters. The molecule has 3 rings (SSSR count). The van der Waals surface area contributed by atoms with Crippen LogP contribution in [0.4, 0.5) is 22.4 Å². The van der Waals surface area contributed by atoms with E-state index in [1.54, 1.807) is 0 Å². The molecule has 0 saturated carbocycles. The molecule has 3 aromatic rings. The first-order valence-corrected chi connectivity index (χ1v) is 7.67. The molecular formula is C17H9ClF4N2O3. The number of carbonyl (C=O) groups is 1. The number of halogens is 5. The van der Waals surface area contributed by atoms with Crippen LogP contribution in [-0.4, -0.2) is 21.0 Å². The average Bonchev–Trinajstić information content (AvgIpc) is 3.00. The van der Waals surface area contributed by atoms with Gasteiger partial charge in [-0.15, -0.1) is 5.10 Å². The molecule has 0 spiro atoms. The first-order valence-electron chi connectivity index (χ1n) is 7.29.